The van der Waals surface area contributed by atoms with Crippen LogP contribution in [-0.2, 0) is 9.59 Å². The highest BCUT2D eigenvalue weighted by Gasteiger charge is 2.45. The van der Waals surface area contributed by atoms with Crippen molar-refractivity contribution in [3.63, 3.8) is 0 Å². The lowest BCUT2D eigenvalue weighted by molar-refractivity contribution is -0.130. The molecular formula is C14H16ClNO2. The molecule has 0 saturated carbocycles. The molecule has 1 saturated heterocycles. The molecule has 1 heterocycles. The SMILES string of the molecule is C[C@H](c1ccccc1)N1C[C@@](C)(C(=O)Cl)CC1=O. The Balaban J connectivity index is 2.21. The minimum absolute atomic E-state index is 0.0112. The molecule has 96 valence electrons. The summed E-state index contributed by atoms with van der Waals surface area (Å²) < 4.78 is 0. The maximum atomic E-state index is 12.0. The average Bonchev–Trinajstić information content (AvgIpc) is 2.66. The molecule has 0 unspecified atom stereocenters. The van der Waals surface area contributed by atoms with Crippen molar-refractivity contribution in [2.45, 2.75) is 26.3 Å². The second kappa shape index (κ2) is 4.73. The fraction of sp³-hybridized carbons (Fsp3) is 0.429. The Kier molecular flexibility index (Phi) is 3.44. The summed E-state index contributed by atoms with van der Waals surface area (Å²) in [6, 6.07) is 9.76. The second-order valence-corrected chi connectivity index (χ2v) is 5.46. The van der Waals surface area contributed by atoms with Gasteiger partial charge in [0.05, 0.1) is 11.5 Å². The molecule has 4 heteroatoms. The third kappa shape index (κ3) is 2.27. The third-order valence-corrected chi connectivity index (χ3v) is 4.06. The molecule has 1 aliphatic rings. The van der Waals surface area contributed by atoms with Crippen molar-refractivity contribution < 1.29 is 9.59 Å². The van der Waals surface area contributed by atoms with Gasteiger partial charge in [0.25, 0.3) is 0 Å². The van der Waals surface area contributed by atoms with Crippen LogP contribution in [0.5, 0.6) is 0 Å². The topological polar surface area (TPSA) is 37.4 Å². The summed E-state index contributed by atoms with van der Waals surface area (Å²) in [6.07, 6.45) is 0.201. The third-order valence-electron chi connectivity index (χ3n) is 3.61. The molecule has 1 aliphatic heterocycles. The van der Waals surface area contributed by atoms with Crippen LogP contribution in [0.4, 0.5) is 0 Å². The van der Waals surface area contributed by atoms with Crippen molar-refractivity contribution in [3.05, 3.63) is 35.9 Å². The smallest absolute Gasteiger partial charge is 0.229 e. The van der Waals surface area contributed by atoms with Crippen LogP contribution in [0.3, 0.4) is 0 Å². The Morgan fingerprint density at radius 2 is 2.00 bits per heavy atom. The van der Waals surface area contributed by atoms with Gasteiger partial charge in [-0.2, -0.15) is 0 Å². The van der Waals surface area contributed by atoms with Crippen molar-refractivity contribution in [1.29, 1.82) is 0 Å². The van der Waals surface area contributed by atoms with Gasteiger partial charge in [-0.1, -0.05) is 30.3 Å². The predicted octanol–water partition coefficient (Wildman–Crippen LogP) is 2.75. The van der Waals surface area contributed by atoms with Gasteiger partial charge < -0.3 is 4.90 Å². The molecule has 1 fully saturated rings. The highest BCUT2D eigenvalue weighted by Crippen LogP contribution is 2.37. The van der Waals surface area contributed by atoms with Crippen LogP contribution in [0.2, 0.25) is 0 Å². The molecular weight excluding hydrogens is 250 g/mol. The van der Waals surface area contributed by atoms with Crippen LogP contribution in [0.15, 0.2) is 30.3 Å². The Morgan fingerprint density at radius 1 is 1.39 bits per heavy atom. The van der Waals surface area contributed by atoms with Gasteiger partial charge in [-0.05, 0) is 31.0 Å². The highest BCUT2D eigenvalue weighted by molar-refractivity contribution is 6.64. The summed E-state index contributed by atoms with van der Waals surface area (Å²) in [6.45, 7) is 4.11. The molecule has 2 rings (SSSR count). The first-order chi connectivity index (χ1) is 8.44. The number of amides is 1. The van der Waals surface area contributed by atoms with Crippen LogP contribution in [0.25, 0.3) is 0 Å². The summed E-state index contributed by atoms with van der Waals surface area (Å²) >= 11 is 5.59. The quantitative estimate of drug-likeness (QED) is 0.788. The maximum Gasteiger partial charge on any atom is 0.229 e. The maximum absolute atomic E-state index is 12.0. The number of hydrogen-bond donors (Lipinski definition) is 0. The van der Waals surface area contributed by atoms with Gasteiger partial charge in [0.15, 0.2) is 0 Å². The van der Waals surface area contributed by atoms with Gasteiger partial charge in [-0.3, -0.25) is 9.59 Å². The Bertz CT molecular complexity index is 474. The first-order valence-electron chi connectivity index (χ1n) is 5.98. The molecule has 1 aromatic carbocycles. The van der Waals surface area contributed by atoms with E-state index in [9.17, 15) is 9.59 Å². The molecule has 0 N–H and O–H groups in total. The van der Waals surface area contributed by atoms with E-state index in [2.05, 4.69) is 0 Å². The van der Waals surface area contributed by atoms with Crippen LogP contribution in [-0.4, -0.2) is 22.6 Å². The fourth-order valence-electron chi connectivity index (χ4n) is 2.35. The number of carbonyl (C=O) groups is 2. The molecule has 0 aromatic heterocycles. The second-order valence-electron chi connectivity index (χ2n) is 5.12. The normalized spacial score (nSPS) is 25.3. The lowest BCUT2D eigenvalue weighted by atomic mass is 9.91. The molecule has 2 atom stereocenters. The van der Waals surface area contributed by atoms with Crippen LogP contribution in [0, 0.1) is 5.41 Å². The summed E-state index contributed by atoms with van der Waals surface area (Å²) in [4.78, 5) is 25.2. The van der Waals surface area contributed by atoms with Crippen molar-refractivity contribution in [2.75, 3.05) is 6.54 Å². The first kappa shape index (κ1) is 13.1. The van der Waals surface area contributed by atoms with Gasteiger partial charge in [0, 0.05) is 13.0 Å². The highest BCUT2D eigenvalue weighted by atomic mass is 35.5. The Morgan fingerprint density at radius 3 is 2.50 bits per heavy atom. The van der Waals surface area contributed by atoms with E-state index in [0.29, 0.717) is 6.54 Å². The van der Waals surface area contributed by atoms with Gasteiger partial charge >= 0.3 is 0 Å². The van der Waals surface area contributed by atoms with Crippen molar-refractivity contribution in [3.8, 4) is 0 Å². The molecule has 18 heavy (non-hydrogen) atoms. The largest absolute Gasteiger partial charge is 0.335 e. The predicted molar refractivity (Wildman–Crippen MR) is 70.2 cm³/mol. The summed E-state index contributed by atoms with van der Waals surface area (Å²) in [5, 5.41) is -0.432. The number of hydrogen-bond acceptors (Lipinski definition) is 2. The molecule has 0 spiro atoms. The Hall–Kier alpha value is -1.35. The summed E-state index contributed by atoms with van der Waals surface area (Å²) in [7, 11) is 0. The minimum atomic E-state index is -0.748. The van der Waals surface area contributed by atoms with E-state index in [1.54, 1.807) is 11.8 Å². The van der Waals surface area contributed by atoms with E-state index in [4.69, 9.17) is 11.6 Å². The summed E-state index contributed by atoms with van der Waals surface area (Å²) in [5.74, 6) is -0.0112. The van der Waals surface area contributed by atoms with Gasteiger partial charge in [-0.25, -0.2) is 0 Å². The molecule has 3 nitrogen and oxygen atoms in total. The van der Waals surface area contributed by atoms with Gasteiger partial charge in [0.2, 0.25) is 11.1 Å². The van der Waals surface area contributed by atoms with E-state index in [1.807, 2.05) is 37.3 Å². The number of likely N-dealkylation sites (tertiary alicyclic amines) is 1. The van der Waals surface area contributed by atoms with Crippen LogP contribution < -0.4 is 0 Å². The zero-order valence-corrected chi connectivity index (χ0v) is 11.3. The lowest BCUT2D eigenvalue weighted by Gasteiger charge is -2.26. The van der Waals surface area contributed by atoms with Crippen molar-refractivity contribution >= 4 is 22.8 Å². The number of carbonyl (C=O) groups excluding carboxylic acids is 2. The standard InChI is InChI=1S/C14H16ClNO2/c1-10(11-6-4-3-5-7-11)16-9-14(2,13(15)18)8-12(16)17/h3-7,10H,8-9H2,1-2H3/t10-,14+/m1/s1. The van der Waals surface area contributed by atoms with Crippen molar-refractivity contribution in [1.82, 2.24) is 4.90 Å². The molecule has 0 aliphatic carbocycles. The zero-order valence-electron chi connectivity index (χ0n) is 10.5. The molecule has 1 aromatic rings. The monoisotopic (exact) mass is 265 g/mol. The summed E-state index contributed by atoms with van der Waals surface area (Å²) in [5.41, 5.74) is 0.318. The van der Waals surface area contributed by atoms with E-state index in [-0.39, 0.29) is 18.4 Å². The average molecular weight is 266 g/mol. The lowest BCUT2D eigenvalue weighted by Crippen LogP contribution is -2.32. The van der Waals surface area contributed by atoms with Crippen LogP contribution >= 0.6 is 11.6 Å². The molecule has 0 radical (unpaired) electrons. The van der Waals surface area contributed by atoms with Gasteiger partial charge in [-0.15, -0.1) is 0 Å². The van der Waals surface area contributed by atoms with E-state index >= 15 is 0 Å². The molecule has 1 amide bonds. The van der Waals surface area contributed by atoms with E-state index in [1.165, 1.54) is 0 Å². The van der Waals surface area contributed by atoms with Crippen molar-refractivity contribution in [2.24, 2.45) is 5.41 Å². The first-order valence-corrected chi connectivity index (χ1v) is 6.36. The Labute approximate surface area is 112 Å². The minimum Gasteiger partial charge on any atom is -0.335 e. The van der Waals surface area contributed by atoms with Gasteiger partial charge in [0.1, 0.15) is 0 Å². The number of halogens is 1. The van der Waals surface area contributed by atoms with E-state index in [0.717, 1.165) is 5.56 Å². The number of benzene rings is 1. The van der Waals surface area contributed by atoms with E-state index < -0.39 is 10.7 Å². The zero-order chi connectivity index (χ0) is 13.3. The fourth-order valence-corrected chi connectivity index (χ4v) is 2.48. The number of nitrogens with zero attached hydrogens (tertiary/aromatic N) is 1. The number of rotatable bonds is 3. The van der Waals surface area contributed by atoms with Crippen LogP contribution in [0.1, 0.15) is 31.9 Å². The molecule has 0 bridgehead atoms.